The highest BCUT2D eigenvalue weighted by Gasteiger charge is 2.07. The molecule has 4 heteroatoms. The van der Waals surface area contributed by atoms with Crippen LogP contribution >= 0.6 is 0 Å². The van der Waals surface area contributed by atoms with Crippen molar-refractivity contribution >= 4 is 28.4 Å². The molecule has 0 fully saturated rings. The first-order valence-corrected chi connectivity index (χ1v) is 7.97. The van der Waals surface area contributed by atoms with Crippen LogP contribution in [0.15, 0.2) is 66.7 Å². The van der Waals surface area contributed by atoms with Crippen LogP contribution in [-0.4, -0.2) is 0 Å². The number of benzene rings is 3. The summed E-state index contributed by atoms with van der Waals surface area (Å²) in [7, 11) is 0. The number of nitrogens with two attached hydrogens (primary N) is 3. The molecule has 0 aliphatic heterocycles. The number of nitrogens with one attached hydrogen (secondary N) is 1. The lowest BCUT2D eigenvalue weighted by Gasteiger charge is -2.14. The first kappa shape index (κ1) is 15.7. The molecule has 0 unspecified atom stereocenters. The molecule has 7 N–H and O–H groups in total. The Kier molecular flexibility index (Phi) is 4.57. The summed E-state index contributed by atoms with van der Waals surface area (Å²) in [5.41, 5.74) is 24.5. The lowest BCUT2D eigenvalue weighted by atomic mass is 10.0. The molecule has 0 amide bonds. The SMILES string of the molecule is Nc1ccc(Nc2cccc(CCc3ccccc3N)c2N)cc1. The molecule has 0 radical (unpaired) electrons. The van der Waals surface area contributed by atoms with Crippen LogP contribution in [-0.2, 0) is 12.8 Å². The fourth-order valence-corrected chi connectivity index (χ4v) is 2.69. The monoisotopic (exact) mass is 318 g/mol. The third-order valence-electron chi connectivity index (χ3n) is 4.10. The van der Waals surface area contributed by atoms with Crippen LogP contribution in [0.2, 0.25) is 0 Å². The van der Waals surface area contributed by atoms with E-state index in [9.17, 15) is 0 Å². The maximum atomic E-state index is 6.34. The number of hydrogen-bond donors (Lipinski definition) is 4. The summed E-state index contributed by atoms with van der Waals surface area (Å²) in [5, 5.41) is 3.34. The van der Waals surface area contributed by atoms with Crippen molar-refractivity contribution in [2.75, 3.05) is 22.5 Å². The average molecular weight is 318 g/mol. The van der Waals surface area contributed by atoms with Gasteiger partial charge in [0.2, 0.25) is 0 Å². The Morgan fingerprint density at radius 1 is 0.667 bits per heavy atom. The summed E-state index contributed by atoms with van der Waals surface area (Å²) in [6, 6.07) is 21.6. The van der Waals surface area contributed by atoms with Crippen molar-refractivity contribution < 1.29 is 0 Å². The van der Waals surface area contributed by atoms with Crippen LogP contribution in [0.4, 0.5) is 28.4 Å². The van der Waals surface area contributed by atoms with Crippen molar-refractivity contribution in [2.24, 2.45) is 0 Å². The zero-order chi connectivity index (χ0) is 16.9. The molecule has 3 aromatic carbocycles. The molecule has 3 rings (SSSR count). The quantitative estimate of drug-likeness (QED) is 0.536. The van der Waals surface area contributed by atoms with E-state index in [1.165, 1.54) is 0 Å². The second kappa shape index (κ2) is 6.96. The van der Waals surface area contributed by atoms with Crippen molar-refractivity contribution in [2.45, 2.75) is 12.8 Å². The van der Waals surface area contributed by atoms with E-state index in [2.05, 4.69) is 17.4 Å². The van der Waals surface area contributed by atoms with Crippen molar-refractivity contribution in [3.8, 4) is 0 Å². The second-order valence-electron chi connectivity index (χ2n) is 5.82. The average Bonchev–Trinajstić information content (AvgIpc) is 2.59. The topological polar surface area (TPSA) is 90.1 Å². The molecule has 0 atom stereocenters. The van der Waals surface area contributed by atoms with Gasteiger partial charge in [-0.25, -0.2) is 0 Å². The van der Waals surface area contributed by atoms with Gasteiger partial charge in [-0.2, -0.15) is 0 Å². The van der Waals surface area contributed by atoms with Gasteiger partial charge in [0.25, 0.3) is 0 Å². The predicted octanol–water partition coefficient (Wildman–Crippen LogP) is 3.96. The highest BCUT2D eigenvalue weighted by atomic mass is 14.9. The molecule has 0 saturated heterocycles. The van der Waals surface area contributed by atoms with Gasteiger partial charge in [-0.1, -0.05) is 30.3 Å². The van der Waals surface area contributed by atoms with Crippen LogP contribution in [0.1, 0.15) is 11.1 Å². The third kappa shape index (κ3) is 3.60. The Morgan fingerprint density at radius 2 is 1.33 bits per heavy atom. The summed E-state index contributed by atoms with van der Waals surface area (Å²) < 4.78 is 0. The number of para-hydroxylation sites is 2. The zero-order valence-corrected chi connectivity index (χ0v) is 13.5. The van der Waals surface area contributed by atoms with E-state index in [4.69, 9.17) is 17.2 Å². The van der Waals surface area contributed by atoms with Crippen LogP contribution in [0.3, 0.4) is 0 Å². The lowest BCUT2D eigenvalue weighted by Crippen LogP contribution is -2.03. The van der Waals surface area contributed by atoms with Crippen LogP contribution in [0.5, 0.6) is 0 Å². The minimum Gasteiger partial charge on any atom is -0.399 e. The number of hydrogen-bond acceptors (Lipinski definition) is 4. The summed E-state index contributed by atoms with van der Waals surface area (Å²) >= 11 is 0. The van der Waals surface area contributed by atoms with Gasteiger partial charge >= 0.3 is 0 Å². The Bertz CT molecular complexity index is 825. The van der Waals surface area contributed by atoms with Gasteiger partial charge in [0.1, 0.15) is 0 Å². The summed E-state index contributed by atoms with van der Waals surface area (Å²) in [6.45, 7) is 0. The molecule has 4 nitrogen and oxygen atoms in total. The van der Waals surface area contributed by atoms with Gasteiger partial charge in [-0.3, -0.25) is 0 Å². The fraction of sp³-hybridized carbons (Fsp3) is 0.100. The van der Waals surface area contributed by atoms with Gasteiger partial charge in [0.05, 0.1) is 11.4 Å². The summed E-state index contributed by atoms with van der Waals surface area (Å²) in [5.74, 6) is 0. The van der Waals surface area contributed by atoms with E-state index < -0.39 is 0 Å². The Hall–Kier alpha value is -3.14. The highest BCUT2D eigenvalue weighted by Crippen LogP contribution is 2.28. The van der Waals surface area contributed by atoms with E-state index in [1.54, 1.807) is 0 Å². The maximum absolute atomic E-state index is 6.34. The Labute approximate surface area is 142 Å². The van der Waals surface area contributed by atoms with Crippen molar-refractivity contribution in [1.29, 1.82) is 0 Å². The van der Waals surface area contributed by atoms with Gasteiger partial charge in [-0.15, -0.1) is 0 Å². The molecular formula is C20H22N4. The molecule has 0 saturated carbocycles. The van der Waals surface area contributed by atoms with E-state index in [0.29, 0.717) is 0 Å². The predicted molar refractivity (Wildman–Crippen MR) is 103 cm³/mol. The van der Waals surface area contributed by atoms with Gasteiger partial charge in [-0.05, 0) is 60.4 Å². The van der Waals surface area contributed by atoms with Crippen molar-refractivity contribution in [3.05, 3.63) is 77.9 Å². The van der Waals surface area contributed by atoms with Crippen LogP contribution in [0, 0.1) is 0 Å². The van der Waals surface area contributed by atoms with Crippen LogP contribution in [0.25, 0.3) is 0 Å². The molecule has 0 spiro atoms. The number of anilines is 5. The molecule has 0 heterocycles. The number of nitrogen functional groups attached to an aromatic ring is 3. The van der Waals surface area contributed by atoms with Crippen LogP contribution < -0.4 is 22.5 Å². The third-order valence-corrected chi connectivity index (χ3v) is 4.10. The molecule has 24 heavy (non-hydrogen) atoms. The van der Waals surface area contributed by atoms with Gasteiger partial charge in [0.15, 0.2) is 0 Å². The Balaban J connectivity index is 1.75. The number of aryl methyl sites for hydroxylation is 2. The Morgan fingerprint density at radius 3 is 2.08 bits per heavy atom. The van der Waals surface area contributed by atoms with Gasteiger partial charge < -0.3 is 22.5 Å². The maximum Gasteiger partial charge on any atom is 0.0620 e. The highest BCUT2D eigenvalue weighted by molar-refractivity contribution is 5.75. The molecule has 0 aliphatic rings. The fourth-order valence-electron chi connectivity index (χ4n) is 2.69. The molecular weight excluding hydrogens is 296 g/mol. The minimum atomic E-state index is 0.739. The zero-order valence-electron chi connectivity index (χ0n) is 13.5. The summed E-state index contributed by atoms with van der Waals surface area (Å²) in [4.78, 5) is 0. The standard InChI is InChI=1S/C20H22N4/c21-16-10-12-17(13-11-16)24-19-7-3-5-15(20(19)23)9-8-14-4-1-2-6-18(14)22/h1-7,10-13,24H,8-9,21-23H2. The molecule has 0 bridgehead atoms. The van der Waals surface area contributed by atoms with Gasteiger partial charge in [0, 0.05) is 17.1 Å². The van der Waals surface area contributed by atoms with E-state index in [0.717, 1.165) is 52.4 Å². The molecule has 122 valence electrons. The van der Waals surface area contributed by atoms with E-state index >= 15 is 0 Å². The van der Waals surface area contributed by atoms with E-state index in [1.807, 2.05) is 54.6 Å². The second-order valence-corrected chi connectivity index (χ2v) is 5.82. The van der Waals surface area contributed by atoms with E-state index in [-0.39, 0.29) is 0 Å². The summed E-state index contributed by atoms with van der Waals surface area (Å²) in [6.07, 6.45) is 1.71. The van der Waals surface area contributed by atoms with Crippen molar-refractivity contribution in [3.63, 3.8) is 0 Å². The molecule has 3 aromatic rings. The molecule has 0 aliphatic carbocycles. The smallest absolute Gasteiger partial charge is 0.0620 e. The minimum absolute atomic E-state index is 0.739. The first-order valence-electron chi connectivity index (χ1n) is 7.97. The number of rotatable bonds is 5. The largest absolute Gasteiger partial charge is 0.399 e. The van der Waals surface area contributed by atoms with Crippen molar-refractivity contribution in [1.82, 2.24) is 0 Å². The normalized spacial score (nSPS) is 10.5. The first-order chi connectivity index (χ1) is 11.6. The lowest BCUT2D eigenvalue weighted by molar-refractivity contribution is 0.966. The molecule has 0 aromatic heterocycles.